The first-order chi connectivity index (χ1) is 18.2. The molecule has 1 atom stereocenters. The molecular weight excluding hydrogens is 484 g/mol. The van der Waals surface area contributed by atoms with Crippen molar-refractivity contribution in [2.45, 2.75) is 31.7 Å². The average Bonchev–Trinajstić information content (AvgIpc) is 2.94. The Labute approximate surface area is 226 Å². The lowest BCUT2D eigenvalue weighted by molar-refractivity contribution is 0.105. The average molecular weight is 523 g/mol. The maximum absolute atomic E-state index is 8.51. The van der Waals surface area contributed by atoms with Crippen LogP contribution in [0.3, 0.4) is 0 Å². The molecule has 0 amide bonds. The number of hydrogen-bond donors (Lipinski definition) is 3. The molecule has 3 aromatic rings. The van der Waals surface area contributed by atoms with Crippen LogP contribution in [0.15, 0.2) is 78.9 Å². The molecule has 4 rings (SSSR count). The zero-order chi connectivity index (χ0) is 25.7. The van der Waals surface area contributed by atoms with E-state index in [1.54, 1.807) is 0 Å². The van der Waals surface area contributed by atoms with E-state index in [4.69, 9.17) is 21.5 Å². The Morgan fingerprint density at radius 3 is 2.22 bits per heavy atom. The second-order valence-electron chi connectivity index (χ2n) is 9.58. The normalized spacial score (nSPS) is 15.5. The largest absolute Gasteiger partial charge is 0.494 e. The van der Waals surface area contributed by atoms with Crippen LogP contribution >= 0.6 is 11.6 Å². The van der Waals surface area contributed by atoms with E-state index in [1.807, 2.05) is 17.7 Å². The highest BCUT2D eigenvalue weighted by molar-refractivity contribution is 6.30. The van der Waals surface area contributed by atoms with Crippen molar-refractivity contribution in [2.24, 2.45) is 0 Å². The Morgan fingerprint density at radius 1 is 0.811 bits per heavy atom. The van der Waals surface area contributed by atoms with Crippen molar-refractivity contribution in [3.05, 3.63) is 101 Å². The van der Waals surface area contributed by atoms with Crippen molar-refractivity contribution < 1.29 is 9.94 Å². The topological polar surface area (TPSA) is 60.0 Å². The molecule has 37 heavy (non-hydrogen) atoms. The molecule has 0 saturated carbocycles. The molecule has 0 radical (unpaired) electrons. The highest BCUT2D eigenvalue weighted by atomic mass is 35.5. The van der Waals surface area contributed by atoms with Gasteiger partial charge in [-0.05, 0) is 66.6 Å². The lowest BCUT2D eigenvalue weighted by Gasteiger charge is -2.39. The van der Waals surface area contributed by atoms with E-state index in [9.17, 15) is 0 Å². The van der Waals surface area contributed by atoms with Crippen LogP contribution in [-0.4, -0.2) is 60.9 Å². The van der Waals surface area contributed by atoms with Crippen LogP contribution in [0.5, 0.6) is 5.75 Å². The minimum absolute atomic E-state index is 0.251. The van der Waals surface area contributed by atoms with Gasteiger partial charge < -0.3 is 14.8 Å². The number of aryl methyl sites for hydroxylation is 1. The SMILES string of the molecule is ONNCCCCc1ccc(OCCCN2CCN([C@H](c3ccccc3)c3ccc(Cl)cc3)CC2)cc1. The number of hydrogen-bond acceptors (Lipinski definition) is 6. The van der Waals surface area contributed by atoms with Gasteiger partial charge in [-0.3, -0.25) is 4.90 Å². The number of ether oxygens (including phenoxy) is 1. The first kappa shape index (κ1) is 27.6. The molecule has 6 nitrogen and oxygen atoms in total. The number of hydrazine groups is 1. The van der Waals surface area contributed by atoms with Gasteiger partial charge in [0.2, 0.25) is 0 Å². The van der Waals surface area contributed by atoms with Crippen LogP contribution in [-0.2, 0) is 6.42 Å². The van der Waals surface area contributed by atoms with E-state index >= 15 is 0 Å². The van der Waals surface area contributed by atoms with Gasteiger partial charge in [0.1, 0.15) is 5.75 Å². The number of unbranched alkanes of at least 4 members (excludes halogenated alkanes) is 1. The maximum Gasteiger partial charge on any atom is 0.119 e. The molecule has 1 aliphatic rings. The summed E-state index contributed by atoms with van der Waals surface area (Å²) in [5.41, 5.74) is 8.59. The van der Waals surface area contributed by atoms with Crippen molar-refractivity contribution in [3.63, 3.8) is 0 Å². The quantitative estimate of drug-likeness (QED) is 0.197. The predicted molar refractivity (Wildman–Crippen MR) is 150 cm³/mol. The van der Waals surface area contributed by atoms with Crippen LogP contribution in [0, 0.1) is 0 Å². The summed E-state index contributed by atoms with van der Waals surface area (Å²) in [5.74, 6) is 0.938. The molecule has 0 unspecified atom stereocenters. The van der Waals surface area contributed by atoms with Crippen LogP contribution in [0.4, 0.5) is 0 Å². The predicted octanol–water partition coefficient (Wildman–Crippen LogP) is 5.32. The third-order valence-electron chi connectivity index (χ3n) is 6.98. The van der Waals surface area contributed by atoms with Crippen molar-refractivity contribution in [1.29, 1.82) is 0 Å². The number of benzene rings is 3. The lowest BCUT2D eigenvalue weighted by Crippen LogP contribution is -2.48. The summed E-state index contributed by atoms with van der Waals surface area (Å²) >= 11 is 6.17. The monoisotopic (exact) mass is 522 g/mol. The number of piperazine rings is 1. The Balaban J connectivity index is 1.18. The number of rotatable bonds is 14. The first-order valence-corrected chi connectivity index (χ1v) is 13.7. The van der Waals surface area contributed by atoms with Crippen LogP contribution in [0.2, 0.25) is 5.02 Å². The smallest absolute Gasteiger partial charge is 0.119 e. The third-order valence-corrected chi connectivity index (χ3v) is 7.23. The van der Waals surface area contributed by atoms with Gasteiger partial charge in [-0.1, -0.05) is 66.2 Å². The second-order valence-corrected chi connectivity index (χ2v) is 10.0. The van der Waals surface area contributed by atoms with Crippen molar-refractivity contribution in [3.8, 4) is 5.75 Å². The number of nitrogens with one attached hydrogen (secondary N) is 2. The van der Waals surface area contributed by atoms with Crippen LogP contribution < -0.4 is 15.8 Å². The summed E-state index contributed by atoms with van der Waals surface area (Å²) in [6.45, 7) is 6.75. The summed E-state index contributed by atoms with van der Waals surface area (Å²) in [6.07, 6.45) is 4.14. The van der Waals surface area contributed by atoms with E-state index in [2.05, 4.69) is 82.0 Å². The van der Waals surface area contributed by atoms with Gasteiger partial charge in [-0.25, -0.2) is 5.43 Å². The van der Waals surface area contributed by atoms with Crippen LogP contribution in [0.25, 0.3) is 0 Å². The van der Waals surface area contributed by atoms with Gasteiger partial charge in [-0.2, -0.15) is 0 Å². The van der Waals surface area contributed by atoms with E-state index < -0.39 is 0 Å². The van der Waals surface area contributed by atoms with Gasteiger partial charge in [0.15, 0.2) is 0 Å². The fourth-order valence-corrected chi connectivity index (χ4v) is 5.09. The highest BCUT2D eigenvalue weighted by Crippen LogP contribution is 2.30. The molecule has 0 spiro atoms. The van der Waals surface area contributed by atoms with E-state index in [0.717, 1.165) is 82.3 Å². The molecule has 0 bridgehead atoms. The highest BCUT2D eigenvalue weighted by Gasteiger charge is 2.26. The van der Waals surface area contributed by atoms with E-state index in [1.165, 1.54) is 16.7 Å². The summed E-state index contributed by atoms with van der Waals surface area (Å²) in [6, 6.07) is 27.8. The zero-order valence-electron chi connectivity index (χ0n) is 21.5. The van der Waals surface area contributed by atoms with Gasteiger partial charge in [0.25, 0.3) is 0 Å². The Bertz CT molecular complexity index is 1030. The van der Waals surface area contributed by atoms with E-state index in [0.29, 0.717) is 0 Å². The first-order valence-electron chi connectivity index (χ1n) is 13.3. The van der Waals surface area contributed by atoms with Gasteiger partial charge in [0, 0.05) is 44.3 Å². The zero-order valence-corrected chi connectivity index (χ0v) is 22.2. The van der Waals surface area contributed by atoms with Crippen molar-refractivity contribution >= 4 is 11.6 Å². The molecule has 0 aromatic heterocycles. The van der Waals surface area contributed by atoms with Gasteiger partial charge in [-0.15, -0.1) is 5.59 Å². The second kappa shape index (κ2) is 15.1. The minimum atomic E-state index is 0.251. The number of halogens is 1. The summed E-state index contributed by atoms with van der Waals surface area (Å²) in [5, 5.41) is 9.29. The standard InChI is InChI=1S/C30H39ClN4O2/c31-28-14-12-27(13-15-28)30(26-8-2-1-3-9-26)35-22-20-34(21-23-35)19-6-24-37-29-16-10-25(11-17-29)7-4-5-18-32-33-36/h1-3,8-17,30,32-33,36H,4-7,18-24H2/t30-/m1/s1. The van der Waals surface area contributed by atoms with Crippen molar-refractivity contribution in [2.75, 3.05) is 45.9 Å². The summed E-state index contributed by atoms with van der Waals surface area (Å²) in [7, 11) is 0. The van der Waals surface area contributed by atoms with Crippen LogP contribution in [0.1, 0.15) is 42.0 Å². The molecular formula is C30H39ClN4O2. The van der Waals surface area contributed by atoms with Gasteiger partial charge >= 0.3 is 0 Å². The minimum Gasteiger partial charge on any atom is -0.494 e. The molecule has 3 aromatic carbocycles. The van der Waals surface area contributed by atoms with Crippen molar-refractivity contribution in [1.82, 2.24) is 20.8 Å². The molecule has 1 heterocycles. The molecule has 198 valence electrons. The Hall–Kier alpha value is -2.45. The Kier molecular flexibility index (Phi) is 11.2. The fraction of sp³-hybridized carbons (Fsp3) is 0.400. The fourth-order valence-electron chi connectivity index (χ4n) is 4.97. The molecule has 1 aliphatic heterocycles. The summed E-state index contributed by atoms with van der Waals surface area (Å²) < 4.78 is 6.00. The molecule has 1 saturated heterocycles. The van der Waals surface area contributed by atoms with E-state index in [-0.39, 0.29) is 6.04 Å². The number of nitrogens with zero attached hydrogens (tertiary/aromatic N) is 2. The van der Waals surface area contributed by atoms with Gasteiger partial charge in [0.05, 0.1) is 12.6 Å². The lowest BCUT2D eigenvalue weighted by atomic mass is 9.96. The molecule has 1 fully saturated rings. The molecule has 7 heteroatoms. The Morgan fingerprint density at radius 2 is 1.51 bits per heavy atom. The third kappa shape index (κ3) is 8.82. The summed E-state index contributed by atoms with van der Waals surface area (Å²) in [4.78, 5) is 5.14. The molecule has 3 N–H and O–H groups in total. The maximum atomic E-state index is 8.51. The molecule has 0 aliphatic carbocycles.